The summed E-state index contributed by atoms with van der Waals surface area (Å²) < 4.78 is 1.90. The van der Waals surface area contributed by atoms with E-state index in [1.165, 1.54) is 5.69 Å². The Kier molecular flexibility index (Phi) is 3.03. The Bertz CT molecular complexity index is 591. The Balaban J connectivity index is 1.80. The van der Waals surface area contributed by atoms with Gasteiger partial charge in [-0.1, -0.05) is 0 Å². The quantitative estimate of drug-likeness (QED) is 0.888. The number of pyridine rings is 1. The van der Waals surface area contributed by atoms with Crippen LogP contribution < -0.4 is 5.32 Å². The van der Waals surface area contributed by atoms with Gasteiger partial charge >= 0.3 is 0 Å². The van der Waals surface area contributed by atoms with Crippen molar-refractivity contribution >= 4 is 5.91 Å². The third-order valence-electron chi connectivity index (χ3n) is 3.62. The zero-order valence-electron chi connectivity index (χ0n) is 10.8. The molecular formula is C14H16N4O. The molecule has 2 heterocycles. The van der Waals surface area contributed by atoms with Crippen LogP contribution >= 0.6 is 0 Å². The number of hydrogen-bond donors (Lipinski definition) is 1. The molecule has 0 saturated carbocycles. The number of fused-ring (bicyclic) bond motifs is 1. The number of nitrogens with one attached hydrogen (secondary N) is 1. The molecule has 5 heteroatoms. The average molecular weight is 256 g/mol. The summed E-state index contributed by atoms with van der Waals surface area (Å²) in [6, 6.07) is 3.52. The van der Waals surface area contributed by atoms with E-state index < -0.39 is 0 Å². The second kappa shape index (κ2) is 4.84. The fraction of sp³-hybridized carbons (Fsp3) is 0.357. The summed E-state index contributed by atoms with van der Waals surface area (Å²) in [4.78, 5) is 16.1. The number of hydrogen-bond acceptors (Lipinski definition) is 3. The molecule has 2 aromatic heterocycles. The van der Waals surface area contributed by atoms with E-state index in [9.17, 15) is 4.79 Å². The molecule has 1 amide bonds. The van der Waals surface area contributed by atoms with Gasteiger partial charge in [0.2, 0.25) is 0 Å². The van der Waals surface area contributed by atoms with Gasteiger partial charge in [-0.15, -0.1) is 0 Å². The van der Waals surface area contributed by atoms with Gasteiger partial charge in [0, 0.05) is 36.3 Å². The lowest BCUT2D eigenvalue weighted by Crippen LogP contribution is -2.30. The van der Waals surface area contributed by atoms with E-state index in [-0.39, 0.29) is 11.9 Å². The van der Waals surface area contributed by atoms with Crippen molar-refractivity contribution in [1.29, 1.82) is 0 Å². The molecule has 0 unspecified atom stereocenters. The van der Waals surface area contributed by atoms with Crippen molar-refractivity contribution < 1.29 is 4.79 Å². The molecule has 1 aliphatic carbocycles. The Labute approximate surface area is 111 Å². The van der Waals surface area contributed by atoms with E-state index in [0.29, 0.717) is 5.56 Å². The Morgan fingerprint density at radius 3 is 3.00 bits per heavy atom. The molecule has 98 valence electrons. The number of amides is 1. The molecule has 1 aliphatic rings. The molecule has 0 bridgehead atoms. The molecule has 0 spiro atoms. The third kappa shape index (κ3) is 2.23. The molecule has 0 radical (unpaired) electrons. The van der Waals surface area contributed by atoms with Crippen molar-refractivity contribution in [2.75, 3.05) is 0 Å². The lowest BCUT2D eigenvalue weighted by Gasteiger charge is -2.23. The third-order valence-corrected chi connectivity index (χ3v) is 3.62. The highest BCUT2D eigenvalue weighted by Crippen LogP contribution is 2.29. The van der Waals surface area contributed by atoms with Gasteiger partial charge in [-0.3, -0.25) is 14.5 Å². The summed E-state index contributed by atoms with van der Waals surface area (Å²) in [7, 11) is 1.95. The number of carbonyl (C=O) groups is 1. The van der Waals surface area contributed by atoms with Crippen LogP contribution in [0.5, 0.6) is 0 Å². The Morgan fingerprint density at radius 2 is 2.21 bits per heavy atom. The fourth-order valence-corrected chi connectivity index (χ4v) is 2.60. The monoisotopic (exact) mass is 256 g/mol. The Hall–Kier alpha value is -2.17. The van der Waals surface area contributed by atoms with Gasteiger partial charge in [-0.05, 0) is 31.4 Å². The molecule has 19 heavy (non-hydrogen) atoms. The van der Waals surface area contributed by atoms with Crippen LogP contribution in [0.25, 0.3) is 0 Å². The highest BCUT2D eigenvalue weighted by atomic mass is 16.1. The summed E-state index contributed by atoms with van der Waals surface area (Å²) in [5.41, 5.74) is 3.02. The zero-order valence-corrected chi connectivity index (χ0v) is 10.8. The SMILES string of the molecule is Cn1ncc2c1CCC[C@@H]2NC(=O)c1ccncc1. The number of nitrogens with zero attached hydrogens (tertiary/aromatic N) is 3. The molecule has 0 saturated heterocycles. The van der Waals surface area contributed by atoms with E-state index in [2.05, 4.69) is 15.4 Å². The number of rotatable bonds is 2. The van der Waals surface area contributed by atoms with Crippen molar-refractivity contribution in [3.63, 3.8) is 0 Å². The molecule has 0 aromatic carbocycles. The zero-order chi connectivity index (χ0) is 13.2. The van der Waals surface area contributed by atoms with Gasteiger partial charge < -0.3 is 5.32 Å². The lowest BCUT2D eigenvalue weighted by atomic mass is 9.93. The second-order valence-electron chi connectivity index (χ2n) is 4.82. The topological polar surface area (TPSA) is 59.8 Å². The predicted molar refractivity (Wildman–Crippen MR) is 70.6 cm³/mol. The van der Waals surface area contributed by atoms with Crippen LogP contribution in [0.2, 0.25) is 0 Å². The van der Waals surface area contributed by atoms with Gasteiger partial charge in [0.15, 0.2) is 0 Å². The van der Waals surface area contributed by atoms with Crippen molar-refractivity contribution in [3.05, 3.63) is 47.5 Å². The fourth-order valence-electron chi connectivity index (χ4n) is 2.60. The molecule has 0 fully saturated rings. The highest BCUT2D eigenvalue weighted by Gasteiger charge is 2.24. The van der Waals surface area contributed by atoms with Crippen molar-refractivity contribution in [2.45, 2.75) is 25.3 Å². The van der Waals surface area contributed by atoms with Crippen LogP contribution in [0.1, 0.15) is 40.5 Å². The van der Waals surface area contributed by atoms with Crippen LogP contribution in [0.15, 0.2) is 30.7 Å². The van der Waals surface area contributed by atoms with E-state index in [1.54, 1.807) is 24.5 Å². The first-order valence-corrected chi connectivity index (χ1v) is 6.47. The first kappa shape index (κ1) is 11.9. The van der Waals surface area contributed by atoms with E-state index in [4.69, 9.17) is 0 Å². The Morgan fingerprint density at radius 1 is 1.42 bits per heavy atom. The largest absolute Gasteiger partial charge is 0.345 e. The summed E-state index contributed by atoms with van der Waals surface area (Å²) in [6.45, 7) is 0. The first-order valence-electron chi connectivity index (χ1n) is 6.47. The molecule has 2 aromatic rings. The predicted octanol–water partition coefficient (Wildman–Crippen LogP) is 1.62. The number of carbonyl (C=O) groups excluding carboxylic acids is 1. The van der Waals surface area contributed by atoms with Crippen molar-refractivity contribution in [1.82, 2.24) is 20.1 Å². The van der Waals surface area contributed by atoms with Gasteiger partial charge in [0.25, 0.3) is 5.91 Å². The van der Waals surface area contributed by atoms with Gasteiger partial charge in [0.1, 0.15) is 0 Å². The van der Waals surface area contributed by atoms with Crippen LogP contribution in [-0.4, -0.2) is 20.7 Å². The van der Waals surface area contributed by atoms with Gasteiger partial charge in [0.05, 0.1) is 12.2 Å². The van der Waals surface area contributed by atoms with Crippen LogP contribution in [-0.2, 0) is 13.5 Å². The van der Waals surface area contributed by atoms with Crippen LogP contribution in [0.4, 0.5) is 0 Å². The first-order chi connectivity index (χ1) is 9.25. The minimum absolute atomic E-state index is 0.0518. The summed E-state index contributed by atoms with van der Waals surface area (Å²) >= 11 is 0. The summed E-state index contributed by atoms with van der Waals surface area (Å²) in [5.74, 6) is -0.0518. The maximum Gasteiger partial charge on any atom is 0.251 e. The van der Waals surface area contributed by atoms with Crippen molar-refractivity contribution in [3.8, 4) is 0 Å². The van der Waals surface area contributed by atoms with E-state index in [1.807, 2.05) is 17.9 Å². The average Bonchev–Trinajstić information content (AvgIpc) is 2.83. The second-order valence-corrected chi connectivity index (χ2v) is 4.82. The lowest BCUT2D eigenvalue weighted by molar-refractivity contribution is 0.0932. The molecule has 1 N–H and O–H groups in total. The molecule has 1 atom stereocenters. The minimum atomic E-state index is -0.0518. The van der Waals surface area contributed by atoms with E-state index >= 15 is 0 Å². The molecule has 3 rings (SSSR count). The van der Waals surface area contributed by atoms with Crippen LogP contribution in [0.3, 0.4) is 0 Å². The summed E-state index contributed by atoms with van der Waals surface area (Å²) in [6.07, 6.45) is 8.21. The summed E-state index contributed by atoms with van der Waals surface area (Å²) in [5, 5.41) is 7.37. The van der Waals surface area contributed by atoms with E-state index in [0.717, 1.165) is 24.8 Å². The smallest absolute Gasteiger partial charge is 0.251 e. The molecular weight excluding hydrogens is 240 g/mol. The maximum atomic E-state index is 12.2. The van der Waals surface area contributed by atoms with Crippen LogP contribution in [0, 0.1) is 0 Å². The maximum absolute atomic E-state index is 12.2. The van der Waals surface area contributed by atoms with Crippen molar-refractivity contribution in [2.24, 2.45) is 7.05 Å². The normalized spacial score (nSPS) is 17.8. The minimum Gasteiger partial charge on any atom is -0.345 e. The van der Waals surface area contributed by atoms with Gasteiger partial charge in [-0.25, -0.2) is 0 Å². The van der Waals surface area contributed by atoms with Gasteiger partial charge in [-0.2, -0.15) is 5.10 Å². The molecule has 5 nitrogen and oxygen atoms in total. The number of aryl methyl sites for hydroxylation is 1. The standard InChI is InChI=1S/C14H16N4O/c1-18-13-4-2-3-12(11(13)9-16-18)17-14(19)10-5-7-15-8-6-10/h5-9,12H,2-4H2,1H3,(H,17,19)/t12-/m0/s1. The highest BCUT2D eigenvalue weighted by molar-refractivity contribution is 5.94. The number of aromatic nitrogens is 3. The molecule has 0 aliphatic heterocycles.